The quantitative estimate of drug-likeness (QED) is 0.532. The van der Waals surface area contributed by atoms with E-state index in [-0.39, 0.29) is 6.42 Å². The Hall–Kier alpha value is -2.86. The molecule has 6 heteroatoms. The van der Waals surface area contributed by atoms with Crippen molar-refractivity contribution < 1.29 is 19.4 Å². The topological polar surface area (TPSA) is 71.5 Å². The number of rotatable bonds is 9. The smallest absolute Gasteiger partial charge is 0.161 e. The van der Waals surface area contributed by atoms with Gasteiger partial charge >= 0.3 is 0 Å². The van der Waals surface area contributed by atoms with E-state index < -0.39 is 5.97 Å². The second-order valence-corrected chi connectivity index (χ2v) is 6.85. The van der Waals surface area contributed by atoms with Gasteiger partial charge in [-0.05, 0) is 36.6 Å². The van der Waals surface area contributed by atoms with E-state index in [0.717, 1.165) is 23.4 Å². The Morgan fingerprint density at radius 2 is 1.96 bits per heavy atom. The minimum atomic E-state index is -1.14. The number of carbonyl (C=O) groups excluding carboxylic acids is 1. The fraction of sp³-hybridized carbons (Fsp3) is 0.238. The Kier molecular flexibility index (Phi) is 6.44. The van der Waals surface area contributed by atoms with Gasteiger partial charge in [0.1, 0.15) is 5.01 Å². The molecule has 0 fully saturated rings. The van der Waals surface area contributed by atoms with E-state index >= 15 is 0 Å². The summed E-state index contributed by atoms with van der Waals surface area (Å²) in [4.78, 5) is 15.0. The third-order valence-electron chi connectivity index (χ3n) is 4.00. The van der Waals surface area contributed by atoms with Crippen LogP contribution in [0, 0.1) is 0 Å². The number of aromatic nitrogens is 1. The van der Waals surface area contributed by atoms with Gasteiger partial charge in [0.05, 0.1) is 19.4 Å². The highest BCUT2D eigenvalue weighted by molar-refractivity contribution is 7.13. The Morgan fingerprint density at radius 1 is 1.15 bits per heavy atom. The van der Waals surface area contributed by atoms with Gasteiger partial charge < -0.3 is 19.4 Å². The molecule has 0 saturated carbocycles. The first-order valence-corrected chi connectivity index (χ1v) is 9.53. The molecular formula is C21H20NO4S-. The Balaban J connectivity index is 1.62. The van der Waals surface area contributed by atoms with E-state index in [2.05, 4.69) is 17.1 Å². The summed E-state index contributed by atoms with van der Waals surface area (Å²) in [6.07, 6.45) is 1.69. The molecule has 0 radical (unpaired) electrons. The lowest BCUT2D eigenvalue weighted by molar-refractivity contribution is -0.304. The molecule has 0 aliphatic carbocycles. The summed E-state index contributed by atoms with van der Waals surface area (Å²) in [5.74, 6) is 0.174. The largest absolute Gasteiger partial charge is 0.550 e. The van der Waals surface area contributed by atoms with Crippen molar-refractivity contribution in [3.63, 3.8) is 0 Å². The Bertz CT molecular complexity index is 892. The molecule has 27 heavy (non-hydrogen) atoms. The maximum Gasteiger partial charge on any atom is 0.161 e. The van der Waals surface area contributed by atoms with Crippen LogP contribution in [0.3, 0.4) is 0 Å². The number of carbonyl (C=O) groups is 1. The summed E-state index contributed by atoms with van der Waals surface area (Å²) in [6.45, 7) is 0.595. The van der Waals surface area contributed by atoms with E-state index in [4.69, 9.17) is 9.47 Å². The molecule has 0 bridgehead atoms. The van der Waals surface area contributed by atoms with Crippen molar-refractivity contribution >= 4 is 17.3 Å². The number of ether oxygens (including phenoxy) is 2. The lowest BCUT2D eigenvalue weighted by Gasteiger charge is -2.11. The van der Waals surface area contributed by atoms with Crippen molar-refractivity contribution in [1.82, 2.24) is 4.98 Å². The summed E-state index contributed by atoms with van der Waals surface area (Å²) < 4.78 is 11.3. The molecule has 1 aromatic heterocycles. The van der Waals surface area contributed by atoms with Crippen LogP contribution in [0.4, 0.5) is 0 Å². The van der Waals surface area contributed by atoms with Gasteiger partial charge in [-0.1, -0.05) is 30.3 Å². The molecule has 0 aliphatic heterocycles. The summed E-state index contributed by atoms with van der Waals surface area (Å²) in [5, 5.41) is 13.2. The first-order chi connectivity index (χ1) is 13.2. The number of methoxy groups -OCH3 is 1. The lowest BCUT2D eigenvalue weighted by atomic mass is 10.1. The van der Waals surface area contributed by atoms with E-state index in [9.17, 15) is 9.90 Å². The number of aliphatic carboxylic acids is 1. The number of thiazole rings is 1. The van der Waals surface area contributed by atoms with E-state index in [1.165, 1.54) is 16.9 Å². The number of benzene rings is 2. The van der Waals surface area contributed by atoms with E-state index in [1.807, 2.05) is 36.4 Å². The van der Waals surface area contributed by atoms with Gasteiger partial charge in [-0.15, -0.1) is 11.3 Å². The zero-order valence-corrected chi connectivity index (χ0v) is 15.8. The average molecular weight is 382 g/mol. The monoisotopic (exact) mass is 382 g/mol. The van der Waals surface area contributed by atoms with E-state index in [1.54, 1.807) is 12.5 Å². The first kappa shape index (κ1) is 18.9. The summed E-state index contributed by atoms with van der Waals surface area (Å²) in [5.41, 5.74) is 2.65. The molecule has 0 atom stereocenters. The number of hydrogen-bond donors (Lipinski definition) is 0. The number of aryl methyl sites for hydroxylation is 1. The molecule has 5 nitrogen and oxygen atoms in total. The van der Waals surface area contributed by atoms with Crippen molar-refractivity contribution in [3.05, 3.63) is 65.2 Å². The third-order valence-corrected chi connectivity index (χ3v) is 4.94. The molecule has 0 amide bonds. The molecule has 0 N–H and O–H groups in total. The van der Waals surface area contributed by atoms with Gasteiger partial charge in [0.25, 0.3) is 0 Å². The van der Waals surface area contributed by atoms with Gasteiger partial charge in [0, 0.05) is 23.3 Å². The summed E-state index contributed by atoms with van der Waals surface area (Å²) in [6, 6.07) is 15.9. The fourth-order valence-corrected chi connectivity index (χ4v) is 3.51. The number of carboxylic acid groups (broad SMARTS) is 1. The molecule has 3 rings (SSSR count). The normalized spacial score (nSPS) is 10.6. The molecule has 0 aliphatic rings. The van der Waals surface area contributed by atoms with Gasteiger partial charge in [-0.3, -0.25) is 0 Å². The standard InChI is InChI=1S/C21H21NO4S/c1-25-19-12-16(21-22-17(14-27-21)13-20(23)24)9-10-18(19)26-11-5-8-15-6-3-2-4-7-15/h2-4,6-7,9-10,12,14H,5,8,11,13H2,1H3,(H,23,24)/p-1. The van der Waals surface area contributed by atoms with Crippen molar-refractivity contribution in [2.45, 2.75) is 19.3 Å². The average Bonchev–Trinajstić information content (AvgIpc) is 3.14. The highest BCUT2D eigenvalue weighted by Gasteiger charge is 2.10. The van der Waals surface area contributed by atoms with Gasteiger partial charge in [0.2, 0.25) is 0 Å². The SMILES string of the molecule is COc1cc(-c2nc(CC(=O)[O-])cs2)ccc1OCCCc1ccccc1. The number of hydrogen-bond acceptors (Lipinski definition) is 6. The molecule has 0 spiro atoms. The first-order valence-electron chi connectivity index (χ1n) is 8.65. The summed E-state index contributed by atoms with van der Waals surface area (Å²) >= 11 is 1.39. The molecule has 0 unspecified atom stereocenters. The second kappa shape index (κ2) is 9.19. The maximum absolute atomic E-state index is 10.7. The van der Waals surface area contributed by atoms with Crippen LogP contribution in [0.5, 0.6) is 11.5 Å². The number of carboxylic acids is 1. The minimum absolute atomic E-state index is 0.184. The maximum atomic E-state index is 10.7. The molecular weight excluding hydrogens is 362 g/mol. The van der Waals surface area contributed by atoms with Crippen molar-refractivity contribution in [2.75, 3.05) is 13.7 Å². The molecule has 140 valence electrons. The molecule has 0 saturated heterocycles. The van der Waals surface area contributed by atoms with Crippen LogP contribution >= 0.6 is 11.3 Å². The number of nitrogens with zero attached hydrogens (tertiary/aromatic N) is 1. The zero-order valence-electron chi connectivity index (χ0n) is 15.0. The molecule has 3 aromatic rings. The summed E-state index contributed by atoms with van der Waals surface area (Å²) in [7, 11) is 1.60. The van der Waals surface area contributed by atoms with Gasteiger partial charge in [-0.2, -0.15) is 0 Å². The van der Waals surface area contributed by atoms with Crippen LogP contribution < -0.4 is 14.6 Å². The predicted molar refractivity (Wildman–Crippen MR) is 103 cm³/mol. The highest BCUT2D eigenvalue weighted by Crippen LogP contribution is 2.34. The van der Waals surface area contributed by atoms with Crippen LogP contribution in [-0.2, 0) is 17.6 Å². The molecule has 1 heterocycles. The molecule has 2 aromatic carbocycles. The van der Waals surface area contributed by atoms with Gasteiger partial charge in [-0.25, -0.2) is 4.98 Å². The third kappa shape index (κ3) is 5.31. The van der Waals surface area contributed by atoms with Crippen molar-refractivity contribution in [2.24, 2.45) is 0 Å². The van der Waals surface area contributed by atoms with Crippen LogP contribution in [0.15, 0.2) is 53.9 Å². The van der Waals surface area contributed by atoms with Crippen LogP contribution in [0.25, 0.3) is 10.6 Å². The van der Waals surface area contributed by atoms with E-state index in [0.29, 0.717) is 23.8 Å². The van der Waals surface area contributed by atoms with Crippen molar-refractivity contribution in [1.29, 1.82) is 0 Å². The second-order valence-electron chi connectivity index (χ2n) is 6.00. The van der Waals surface area contributed by atoms with Gasteiger partial charge in [0.15, 0.2) is 11.5 Å². The Morgan fingerprint density at radius 3 is 2.70 bits per heavy atom. The van der Waals surface area contributed by atoms with Crippen LogP contribution in [0.2, 0.25) is 0 Å². The lowest BCUT2D eigenvalue weighted by Crippen LogP contribution is -2.24. The van der Waals surface area contributed by atoms with Crippen LogP contribution in [0.1, 0.15) is 17.7 Å². The fourth-order valence-electron chi connectivity index (χ4n) is 2.69. The predicted octanol–water partition coefficient (Wildman–Crippen LogP) is 3.12. The zero-order chi connectivity index (χ0) is 19.1. The highest BCUT2D eigenvalue weighted by atomic mass is 32.1. The van der Waals surface area contributed by atoms with Crippen LogP contribution in [-0.4, -0.2) is 24.7 Å². The Labute approximate surface area is 162 Å². The van der Waals surface area contributed by atoms with Crippen molar-refractivity contribution in [3.8, 4) is 22.1 Å². The minimum Gasteiger partial charge on any atom is -0.550 e.